The van der Waals surface area contributed by atoms with E-state index < -0.39 is 5.82 Å². The molecule has 1 N–H and O–H groups in total. The second-order valence-corrected chi connectivity index (χ2v) is 4.76. The smallest absolute Gasteiger partial charge is 0.141 e. The second kappa shape index (κ2) is 5.55. The number of hydrogen-bond acceptors (Lipinski definition) is 2. The van der Waals surface area contributed by atoms with Gasteiger partial charge in [-0.25, -0.2) is 9.37 Å². The van der Waals surface area contributed by atoms with Crippen LogP contribution in [0.4, 0.5) is 10.2 Å². The van der Waals surface area contributed by atoms with E-state index in [2.05, 4.69) is 10.3 Å². The van der Waals surface area contributed by atoms with Crippen LogP contribution < -0.4 is 5.32 Å². The zero-order valence-electron chi connectivity index (χ0n) is 9.67. The number of aromatic nitrogens is 1. The van der Waals surface area contributed by atoms with Crippen LogP contribution in [0.15, 0.2) is 30.5 Å². The molecule has 0 aliphatic rings. The van der Waals surface area contributed by atoms with E-state index in [0.717, 1.165) is 16.9 Å². The third kappa shape index (κ3) is 3.12. The molecule has 0 fully saturated rings. The van der Waals surface area contributed by atoms with Gasteiger partial charge in [-0.1, -0.05) is 29.3 Å². The van der Waals surface area contributed by atoms with Gasteiger partial charge >= 0.3 is 0 Å². The van der Waals surface area contributed by atoms with Crippen molar-refractivity contribution >= 4 is 29.0 Å². The molecule has 5 heteroatoms. The Kier molecular flexibility index (Phi) is 4.04. The molecule has 0 bridgehead atoms. The molecule has 1 aromatic heterocycles. The number of pyridine rings is 1. The van der Waals surface area contributed by atoms with Gasteiger partial charge in [-0.15, -0.1) is 0 Å². The lowest BCUT2D eigenvalue weighted by Crippen LogP contribution is -2.03. The summed E-state index contributed by atoms with van der Waals surface area (Å²) in [5, 5.41) is 3.87. The average Bonchev–Trinajstić information content (AvgIpc) is 2.32. The van der Waals surface area contributed by atoms with Gasteiger partial charge in [0.25, 0.3) is 0 Å². The van der Waals surface area contributed by atoms with Crippen molar-refractivity contribution in [3.05, 3.63) is 57.5 Å². The largest absolute Gasteiger partial charge is 0.366 e. The average molecular weight is 285 g/mol. The fourth-order valence-electron chi connectivity index (χ4n) is 1.56. The van der Waals surface area contributed by atoms with Gasteiger partial charge in [0.2, 0.25) is 0 Å². The third-order valence-corrected chi connectivity index (χ3v) is 2.99. The van der Waals surface area contributed by atoms with Gasteiger partial charge in [0.1, 0.15) is 11.6 Å². The summed E-state index contributed by atoms with van der Waals surface area (Å²) in [6, 6.07) is 6.45. The predicted octanol–water partition coefficient (Wildman–Crippen LogP) is 4.45. The maximum atomic E-state index is 13.0. The van der Waals surface area contributed by atoms with Crippen molar-refractivity contribution in [1.29, 1.82) is 0 Å². The fraction of sp³-hybridized carbons (Fsp3) is 0.154. The second-order valence-electron chi connectivity index (χ2n) is 3.92. The molecule has 0 spiro atoms. The van der Waals surface area contributed by atoms with E-state index in [1.807, 2.05) is 13.0 Å². The molecule has 2 nitrogen and oxygen atoms in total. The molecule has 0 saturated carbocycles. The number of nitrogens with one attached hydrogen (secondary N) is 1. The summed E-state index contributed by atoms with van der Waals surface area (Å²) in [7, 11) is 0. The molecule has 0 aliphatic carbocycles. The summed E-state index contributed by atoms with van der Waals surface area (Å²) < 4.78 is 13.0. The highest BCUT2D eigenvalue weighted by Crippen LogP contribution is 2.19. The van der Waals surface area contributed by atoms with Crippen molar-refractivity contribution in [2.75, 3.05) is 5.32 Å². The highest BCUT2D eigenvalue weighted by Gasteiger charge is 2.03. The summed E-state index contributed by atoms with van der Waals surface area (Å²) in [6.45, 7) is 2.44. The number of halogens is 3. The molecule has 1 heterocycles. The van der Waals surface area contributed by atoms with E-state index in [1.54, 1.807) is 18.3 Å². The zero-order chi connectivity index (χ0) is 13.1. The first-order valence-corrected chi connectivity index (χ1v) is 6.12. The van der Waals surface area contributed by atoms with Gasteiger partial charge in [-0.05, 0) is 36.2 Å². The van der Waals surface area contributed by atoms with Crippen molar-refractivity contribution in [2.24, 2.45) is 0 Å². The first kappa shape index (κ1) is 13.1. The first-order chi connectivity index (χ1) is 8.56. The molecule has 0 amide bonds. The molecule has 2 rings (SSSR count). The van der Waals surface area contributed by atoms with Crippen molar-refractivity contribution < 1.29 is 4.39 Å². The third-order valence-electron chi connectivity index (χ3n) is 2.49. The van der Waals surface area contributed by atoms with Crippen molar-refractivity contribution in [3.8, 4) is 0 Å². The fourth-order valence-corrected chi connectivity index (χ4v) is 1.98. The van der Waals surface area contributed by atoms with Gasteiger partial charge in [0.15, 0.2) is 0 Å². The van der Waals surface area contributed by atoms with E-state index in [-0.39, 0.29) is 5.02 Å². The molecular formula is C13H11Cl2FN2. The molecule has 0 unspecified atom stereocenters. The highest BCUT2D eigenvalue weighted by molar-refractivity contribution is 6.31. The number of benzene rings is 1. The lowest BCUT2D eigenvalue weighted by molar-refractivity contribution is 0.627. The van der Waals surface area contributed by atoms with Gasteiger partial charge in [0.05, 0.1) is 10.0 Å². The summed E-state index contributed by atoms with van der Waals surface area (Å²) in [4.78, 5) is 4.18. The maximum absolute atomic E-state index is 13.0. The number of aryl methyl sites for hydroxylation is 1. The lowest BCUT2D eigenvalue weighted by Gasteiger charge is -2.09. The summed E-state index contributed by atoms with van der Waals surface area (Å²) in [5.74, 6) is 0.334. The molecule has 18 heavy (non-hydrogen) atoms. The zero-order valence-corrected chi connectivity index (χ0v) is 11.2. The Morgan fingerprint density at radius 2 is 2.06 bits per heavy atom. The quantitative estimate of drug-likeness (QED) is 0.901. The van der Waals surface area contributed by atoms with Crippen LogP contribution in [-0.4, -0.2) is 4.98 Å². The molecular weight excluding hydrogens is 274 g/mol. The molecule has 1 aromatic carbocycles. The minimum atomic E-state index is -0.416. The van der Waals surface area contributed by atoms with Crippen molar-refractivity contribution in [2.45, 2.75) is 13.5 Å². The van der Waals surface area contributed by atoms with Crippen molar-refractivity contribution in [3.63, 3.8) is 0 Å². The normalized spacial score (nSPS) is 10.4. The van der Waals surface area contributed by atoms with E-state index >= 15 is 0 Å². The number of anilines is 1. The molecule has 2 aromatic rings. The van der Waals surface area contributed by atoms with Gasteiger partial charge in [-0.2, -0.15) is 0 Å². The number of rotatable bonds is 3. The van der Waals surface area contributed by atoms with Gasteiger partial charge < -0.3 is 5.32 Å². The molecule has 0 aliphatic heterocycles. The Balaban J connectivity index is 2.09. The van der Waals surface area contributed by atoms with Crippen LogP contribution in [0.5, 0.6) is 0 Å². The minimum Gasteiger partial charge on any atom is -0.366 e. The van der Waals surface area contributed by atoms with Crippen LogP contribution in [0, 0.1) is 12.7 Å². The van der Waals surface area contributed by atoms with Crippen LogP contribution in [0.25, 0.3) is 0 Å². The molecule has 0 saturated heterocycles. The Hall–Kier alpha value is -1.32. The Bertz CT molecular complexity index is 573. The van der Waals surface area contributed by atoms with Crippen LogP contribution in [0.3, 0.4) is 0 Å². The topological polar surface area (TPSA) is 24.9 Å². The van der Waals surface area contributed by atoms with E-state index in [9.17, 15) is 4.39 Å². The van der Waals surface area contributed by atoms with E-state index in [0.29, 0.717) is 11.6 Å². The molecule has 0 atom stereocenters. The minimum absolute atomic E-state index is 0.120. The van der Waals surface area contributed by atoms with Crippen molar-refractivity contribution in [1.82, 2.24) is 4.98 Å². The molecule has 0 radical (unpaired) electrons. The van der Waals surface area contributed by atoms with Crippen LogP contribution in [0.2, 0.25) is 10.0 Å². The number of nitrogens with zero attached hydrogens (tertiary/aromatic N) is 1. The Labute approximate surface area is 115 Å². The maximum Gasteiger partial charge on any atom is 0.141 e. The van der Waals surface area contributed by atoms with Crippen LogP contribution in [0.1, 0.15) is 11.1 Å². The highest BCUT2D eigenvalue weighted by atomic mass is 35.5. The van der Waals surface area contributed by atoms with E-state index in [1.165, 1.54) is 6.07 Å². The van der Waals surface area contributed by atoms with Gasteiger partial charge in [0, 0.05) is 12.7 Å². The Morgan fingerprint density at radius 1 is 1.28 bits per heavy atom. The summed E-state index contributed by atoms with van der Waals surface area (Å²) >= 11 is 11.5. The van der Waals surface area contributed by atoms with Gasteiger partial charge in [-0.3, -0.25) is 0 Å². The lowest BCUT2D eigenvalue weighted by atomic mass is 10.2. The number of hydrogen-bond donors (Lipinski definition) is 1. The standard InChI is InChI=1S/C13H11Cl2FN2/c1-8-4-10(14)7-18-13(8)17-6-9-2-3-12(16)11(15)5-9/h2-5,7H,6H2,1H3,(H,17,18). The van der Waals surface area contributed by atoms with Crippen LogP contribution >= 0.6 is 23.2 Å². The van der Waals surface area contributed by atoms with E-state index in [4.69, 9.17) is 23.2 Å². The summed E-state index contributed by atoms with van der Waals surface area (Å²) in [5.41, 5.74) is 1.84. The van der Waals surface area contributed by atoms with Crippen LogP contribution in [-0.2, 0) is 6.54 Å². The summed E-state index contributed by atoms with van der Waals surface area (Å²) in [6.07, 6.45) is 1.58. The first-order valence-electron chi connectivity index (χ1n) is 5.36. The SMILES string of the molecule is Cc1cc(Cl)cnc1NCc1ccc(F)c(Cl)c1. The monoisotopic (exact) mass is 284 g/mol. The Morgan fingerprint density at radius 3 is 2.72 bits per heavy atom. The predicted molar refractivity (Wildman–Crippen MR) is 72.7 cm³/mol. The molecule has 94 valence electrons.